The van der Waals surface area contributed by atoms with Crippen LogP contribution < -0.4 is 0 Å². The number of carbonyl (C=O) groups is 1. The maximum Gasteiger partial charge on any atom is 0.306 e. The average molecular weight is 330 g/mol. The maximum atomic E-state index is 11.5. The Balaban J connectivity index is 2.33. The van der Waals surface area contributed by atoms with Gasteiger partial charge in [0.1, 0.15) is 5.60 Å². The molecule has 0 aromatic heterocycles. The summed E-state index contributed by atoms with van der Waals surface area (Å²) in [5, 5.41) is 0. The molecular formula is C13H15IO2. The predicted octanol–water partition coefficient (Wildman–Crippen LogP) is 3.35. The summed E-state index contributed by atoms with van der Waals surface area (Å²) in [6.07, 6.45) is 2.42. The monoisotopic (exact) mass is 330 g/mol. The Kier molecular flexibility index (Phi) is 3.52. The zero-order valence-corrected chi connectivity index (χ0v) is 11.5. The molecule has 0 amide bonds. The van der Waals surface area contributed by atoms with E-state index in [4.69, 9.17) is 4.74 Å². The van der Waals surface area contributed by atoms with Gasteiger partial charge in [0.05, 0.1) is 0 Å². The molecule has 1 saturated heterocycles. The lowest BCUT2D eigenvalue weighted by Gasteiger charge is -2.35. The molecule has 0 N–H and O–H groups in total. The lowest BCUT2D eigenvalue weighted by Crippen LogP contribution is -2.37. The van der Waals surface area contributed by atoms with Gasteiger partial charge in [-0.3, -0.25) is 4.79 Å². The molecule has 0 aliphatic carbocycles. The van der Waals surface area contributed by atoms with Gasteiger partial charge in [0.25, 0.3) is 0 Å². The number of hydrogen-bond acceptors (Lipinski definition) is 2. The fraction of sp³-hybridized carbons (Fsp3) is 0.462. The summed E-state index contributed by atoms with van der Waals surface area (Å²) in [5.74, 6) is -0.0662. The molecule has 0 radical (unpaired) electrons. The van der Waals surface area contributed by atoms with E-state index in [2.05, 4.69) is 53.8 Å². The second kappa shape index (κ2) is 4.73. The number of ether oxygens (including phenoxy) is 1. The minimum absolute atomic E-state index is 0.0662. The van der Waals surface area contributed by atoms with Gasteiger partial charge in [-0.15, -0.1) is 0 Å². The van der Waals surface area contributed by atoms with Crippen LogP contribution in [-0.4, -0.2) is 10.4 Å². The zero-order chi connectivity index (χ0) is 11.6. The normalized spacial score (nSPS) is 25.2. The van der Waals surface area contributed by atoms with Crippen molar-refractivity contribution in [3.05, 3.63) is 35.4 Å². The molecule has 0 bridgehead atoms. The fourth-order valence-electron chi connectivity index (χ4n) is 2.07. The van der Waals surface area contributed by atoms with Crippen molar-refractivity contribution in [1.82, 2.24) is 0 Å². The van der Waals surface area contributed by atoms with E-state index < -0.39 is 0 Å². The molecule has 1 aromatic rings. The van der Waals surface area contributed by atoms with Crippen molar-refractivity contribution in [3.63, 3.8) is 0 Å². The second-order valence-corrected chi connectivity index (χ2v) is 5.08. The molecule has 1 heterocycles. The molecule has 86 valence electrons. The molecule has 0 spiro atoms. The van der Waals surface area contributed by atoms with E-state index in [9.17, 15) is 4.79 Å². The third-order valence-electron chi connectivity index (χ3n) is 3.06. The van der Waals surface area contributed by atoms with Gasteiger partial charge in [-0.1, -0.05) is 52.4 Å². The molecule has 1 fully saturated rings. The van der Waals surface area contributed by atoms with Crippen LogP contribution in [0.4, 0.5) is 0 Å². The Morgan fingerprint density at radius 3 is 2.62 bits per heavy atom. The summed E-state index contributed by atoms with van der Waals surface area (Å²) in [6.45, 7) is 2.06. The SMILES string of the molecule is Cc1ccc([C@@]2(CI)CCCC(=O)O2)cc1. The summed E-state index contributed by atoms with van der Waals surface area (Å²) < 4.78 is 6.42. The van der Waals surface area contributed by atoms with Crippen LogP contribution in [0.15, 0.2) is 24.3 Å². The van der Waals surface area contributed by atoms with Crippen molar-refractivity contribution in [2.75, 3.05) is 4.43 Å². The van der Waals surface area contributed by atoms with Gasteiger partial charge in [0, 0.05) is 10.8 Å². The number of alkyl halides is 1. The third-order valence-corrected chi connectivity index (χ3v) is 4.30. The predicted molar refractivity (Wildman–Crippen MR) is 71.7 cm³/mol. The van der Waals surface area contributed by atoms with Crippen LogP contribution in [0, 0.1) is 6.92 Å². The fourth-order valence-corrected chi connectivity index (χ4v) is 3.05. The van der Waals surface area contributed by atoms with Crippen molar-refractivity contribution >= 4 is 28.6 Å². The van der Waals surface area contributed by atoms with Gasteiger partial charge in [0.2, 0.25) is 0 Å². The van der Waals surface area contributed by atoms with Crippen LogP contribution in [-0.2, 0) is 15.1 Å². The Bertz CT molecular complexity index is 385. The lowest BCUT2D eigenvalue weighted by atomic mass is 9.88. The lowest BCUT2D eigenvalue weighted by molar-refractivity contribution is -0.165. The van der Waals surface area contributed by atoms with Crippen molar-refractivity contribution in [2.45, 2.75) is 31.8 Å². The zero-order valence-electron chi connectivity index (χ0n) is 9.33. The molecule has 1 aliphatic rings. The largest absolute Gasteiger partial charge is 0.453 e. The quantitative estimate of drug-likeness (QED) is 0.472. The first kappa shape index (κ1) is 11.9. The Morgan fingerprint density at radius 1 is 1.38 bits per heavy atom. The smallest absolute Gasteiger partial charge is 0.306 e. The molecule has 0 saturated carbocycles. The van der Waals surface area contributed by atoms with Crippen LogP contribution in [0.1, 0.15) is 30.4 Å². The van der Waals surface area contributed by atoms with Crippen molar-refractivity contribution < 1.29 is 9.53 Å². The molecule has 0 unspecified atom stereocenters. The molecule has 1 aliphatic heterocycles. The number of benzene rings is 1. The van der Waals surface area contributed by atoms with E-state index in [1.165, 1.54) is 5.56 Å². The highest BCUT2D eigenvalue weighted by Gasteiger charge is 2.38. The number of aryl methyl sites for hydroxylation is 1. The van der Waals surface area contributed by atoms with E-state index in [-0.39, 0.29) is 11.6 Å². The summed E-state index contributed by atoms with van der Waals surface area (Å²) in [5.41, 5.74) is 1.97. The summed E-state index contributed by atoms with van der Waals surface area (Å²) in [6, 6.07) is 8.30. The Hall–Kier alpha value is -0.580. The van der Waals surface area contributed by atoms with E-state index in [0.717, 1.165) is 22.8 Å². The standard InChI is InChI=1S/C13H15IO2/c1-10-4-6-11(7-5-10)13(9-14)8-2-3-12(15)16-13/h4-7H,2-3,8-9H2,1H3/t13-/m0/s1. The number of hydrogen-bond donors (Lipinski definition) is 0. The van der Waals surface area contributed by atoms with Crippen LogP contribution in [0.3, 0.4) is 0 Å². The average Bonchev–Trinajstić information content (AvgIpc) is 2.29. The van der Waals surface area contributed by atoms with Crippen LogP contribution in [0.2, 0.25) is 0 Å². The van der Waals surface area contributed by atoms with Crippen LogP contribution in [0.25, 0.3) is 0 Å². The molecule has 16 heavy (non-hydrogen) atoms. The van der Waals surface area contributed by atoms with Gasteiger partial charge in [-0.05, 0) is 25.3 Å². The number of esters is 1. The van der Waals surface area contributed by atoms with E-state index in [1.54, 1.807) is 0 Å². The Morgan fingerprint density at radius 2 is 2.06 bits per heavy atom. The van der Waals surface area contributed by atoms with Crippen molar-refractivity contribution in [3.8, 4) is 0 Å². The molecule has 3 heteroatoms. The molecule has 1 atom stereocenters. The molecule has 1 aromatic carbocycles. The summed E-state index contributed by atoms with van der Waals surface area (Å²) >= 11 is 2.30. The number of halogens is 1. The van der Waals surface area contributed by atoms with E-state index in [1.807, 2.05) is 0 Å². The van der Waals surface area contributed by atoms with Gasteiger partial charge in [-0.2, -0.15) is 0 Å². The van der Waals surface area contributed by atoms with E-state index >= 15 is 0 Å². The number of cyclic esters (lactones) is 1. The Labute approximate surface area is 110 Å². The highest BCUT2D eigenvalue weighted by atomic mass is 127. The maximum absolute atomic E-state index is 11.5. The van der Waals surface area contributed by atoms with Gasteiger partial charge >= 0.3 is 5.97 Å². The topological polar surface area (TPSA) is 26.3 Å². The van der Waals surface area contributed by atoms with Gasteiger partial charge in [0.15, 0.2) is 0 Å². The molecular weight excluding hydrogens is 315 g/mol. The minimum Gasteiger partial charge on any atom is -0.453 e. The van der Waals surface area contributed by atoms with E-state index in [0.29, 0.717) is 6.42 Å². The van der Waals surface area contributed by atoms with Crippen LogP contribution in [0.5, 0.6) is 0 Å². The minimum atomic E-state index is -0.385. The number of carbonyl (C=O) groups excluding carboxylic acids is 1. The summed E-state index contributed by atoms with van der Waals surface area (Å²) in [4.78, 5) is 11.5. The highest BCUT2D eigenvalue weighted by molar-refractivity contribution is 14.1. The van der Waals surface area contributed by atoms with Gasteiger partial charge in [-0.25, -0.2) is 0 Å². The first-order valence-electron chi connectivity index (χ1n) is 5.51. The first-order valence-corrected chi connectivity index (χ1v) is 7.04. The van der Waals surface area contributed by atoms with Crippen LogP contribution >= 0.6 is 22.6 Å². The molecule has 2 rings (SSSR count). The highest BCUT2D eigenvalue weighted by Crippen LogP contribution is 2.37. The van der Waals surface area contributed by atoms with Gasteiger partial charge < -0.3 is 4.74 Å². The van der Waals surface area contributed by atoms with Crippen molar-refractivity contribution in [1.29, 1.82) is 0 Å². The summed E-state index contributed by atoms with van der Waals surface area (Å²) in [7, 11) is 0. The molecule has 2 nitrogen and oxygen atoms in total. The second-order valence-electron chi connectivity index (χ2n) is 4.32. The first-order chi connectivity index (χ1) is 7.66. The number of rotatable bonds is 2. The third kappa shape index (κ3) is 2.24. The van der Waals surface area contributed by atoms with Crippen molar-refractivity contribution in [2.24, 2.45) is 0 Å².